The largest absolute Gasteiger partial charge is 0.345 e. The first-order valence-corrected chi connectivity index (χ1v) is 2.67. The molecule has 0 atom stereocenters. The minimum Gasteiger partial charge on any atom is -0.345 e. The molecule has 0 bridgehead atoms. The minimum absolute atomic E-state index is 0.0682. The molecular weight excluding hydrogens is 116 g/mol. The summed E-state index contributed by atoms with van der Waals surface area (Å²) in [7, 11) is 0. The first kappa shape index (κ1) is 7.99. The number of amides is 1. The SMILES string of the molecule is CC(=O)NCC#CCN. The lowest BCUT2D eigenvalue weighted by molar-refractivity contribution is -0.118. The van der Waals surface area contributed by atoms with Crippen molar-refractivity contribution in [3.8, 4) is 11.8 Å². The van der Waals surface area contributed by atoms with Gasteiger partial charge in [0, 0.05) is 6.92 Å². The van der Waals surface area contributed by atoms with Gasteiger partial charge in [0.15, 0.2) is 0 Å². The van der Waals surface area contributed by atoms with Crippen LogP contribution in [0.3, 0.4) is 0 Å². The fraction of sp³-hybridized carbons (Fsp3) is 0.500. The molecule has 0 spiro atoms. The van der Waals surface area contributed by atoms with Crippen molar-refractivity contribution < 1.29 is 4.79 Å². The van der Waals surface area contributed by atoms with E-state index in [4.69, 9.17) is 5.73 Å². The van der Waals surface area contributed by atoms with Crippen molar-refractivity contribution in [3.05, 3.63) is 0 Å². The first-order chi connectivity index (χ1) is 4.27. The van der Waals surface area contributed by atoms with E-state index in [0.717, 1.165) is 0 Å². The first-order valence-electron chi connectivity index (χ1n) is 2.67. The second-order valence-electron chi connectivity index (χ2n) is 1.47. The molecule has 0 saturated carbocycles. The predicted molar refractivity (Wildman–Crippen MR) is 35.5 cm³/mol. The van der Waals surface area contributed by atoms with Crippen LogP contribution in [-0.4, -0.2) is 19.0 Å². The number of nitrogens with two attached hydrogens (primary N) is 1. The Balaban J connectivity index is 3.19. The van der Waals surface area contributed by atoms with Crippen LogP contribution in [0.5, 0.6) is 0 Å². The van der Waals surface area contributed by atoms with E-state index in [1.165, 1.54) is 6.92 Å². The van der Waals surface area contributed by atoms with Crippen molar-refractivity contribution in [2.45, 2.75) is 6.92 Å². The van der Waals surface area contributed by atoms with Gasteiger partial charge >= 0.3 is 0 Å². The molecule has 50 valence electrons. The molecule has 0 aromatic carbocycles. The van der Waals surface area contributed by atoms with Gasteiger partial charge in [-0.3, -0.25) is 4.79 Å². The van der Waals surface area contributed by atoms with Crippen LogP contribution in [0.1, 0.15) is 6.92 Å². The van der Waals surface area contributed by atoms with Crippen LogP contribution < -0.4 is 11.1 Å². The summed E-state index contributed by atoms with van der Waals surface area (Å²) in [6.07, 6.45) is 0. The number of nitrogens with one attached hydrogen (secondary N) is 1. The van der Waals surface area contributed by atoms with Crippen molar-refractivity contribution in [3.63, 3.8) is 0 Å². The summed E-state index contributed by atoms with van der Waals surface area (Å²) in [5, 5.41) is 2.51. The number of hydrogen-bond acceptors (Lipinski definition) is 2. The van der Waals surface area contributed by atoms with Crippen molar-refractivity contribution in [2.75, 3.05) is 13.1 Å². The maximum absolute atomic E-state index is 10.2. The van der Waals surface area contributed by atoms with Gasteiger partial charge in [-0.15, -0.1) is 0 Å². The maximum Gasteiger partial charge on any atom is 0.217 e. The molecule has 9 heavy (non-hydrogen) atoms. The molecule has 0 aliphatic heterocycles. The molecule has 0 unspecified atom stereocenters. The third-order valence-electron chi connectivity index (χ3n) is 0.653. The highest BCUT2D eigenvalue weighted by molar-refractivity contribution is 5.73. The van der Waals surface area contributed by atoms with E-state index in [1.807, 2.05) is 0 Å². The molecule has 0 aromatic rings. The van der Waals surface area contributed by atoms with Gasteiger partial charge in [0.1, 0.15) is 0 Å². The van der Waals surface area contributed by atoms with E-state index in [9.17, 15) is 4.79 Å². The second-order valence-corrected chi connectivity index (χ2v) is 1.47. The van der Waals surface area contributed by atoms with Crippen LogP contribution in [0.2, 0.25) is 0 Å². The van der Waals surface area contributed by atoms with Crippen LogP contribution in [-0.2, 0) is 4.79 Å². The number of hydrogen-bond donors (Lipinski definition) is 2. The summed E-state index contributed by atoms with van der Waals surface area (Å²) in [5.41, 5.74) is 5.06. The molecule has 0 rings (SSSR count). The number of carbonyl (C=O) groups excluding carboxylic acids is 1. The topological polar surface area (TPSA) is 55.1 Å². The molecular formula is C6H10N2O. The van der Waals surface area contributed by atoms with Crippen LogP contribution in [0.25, 0.3) is 0 Å². The summed E-state index contributed by atoms with van der Waals surface area (Å²) in [4.78, 5) is 10.2. The Bertz CT molecular complexity index is 143. The van der Waals surface area contributed by atoms with Crippen molar-refractivity contribution in [2.24, 2.45) is 5.73 Å². The van der Waals surface area contributed by atoms with E-state index in [0.29, 0.717) is 13.1 Å². The zero-order valence-corrected chi connectivity index (χ0v) is 5.40. The Hall–Kier alpha value is -1.01. The lowest BCUT2D eigenvalue weighted by Gasteiger charge is -1.89. The third-order valence-corrected chi connectivity index (χ3v) is 0.653. The molecule has 3 nitrogen and oxygen atoms in total. The maximum atomic E-state index is 10.2. The highest BCUT2D eigenvalue weighted by Crippen LogP contribution is 1.57. The Kier molecular flexibility index (Phi) is 4.56. The van der Waals surface area contributed by atoms with Gasteiger partial charge in [-0.05, 0) is 0 Å². The lowest BCUT2D eigenvalue weighted by atomic mass is 10.5. The molecule has 0 aromatic heterocycles. The van der Waals surface area contributed by atoms with Crippen LogP contribution in [0, 0.1) is 11.8 Å². The second kappa shape index (κ2) is 5.13. The predicted octanol–water partition coefficient (Wildman–Crippen LogP) is -0.915. The van der Waals surface area contributed by atoms with E-state index in [1.54, 1.807) is 0 Å². The smallest absolute Gasteiger partial charge is 0.217 e. The normalized spacial score (nSPS) is 7.33. The molecule has 1 amide bonds. The van der Waals surface area contributed by atoms with E-state index < -0.39 is 0 Å². The van der Waals surface area contributed by atoms with Gasteiger partial charge < -0.3 is 11.1 Å². The monoisotopic (exact) mass is 126 g/mol. The van der Waals surface area contributed by atoms with Gasteiger partial charge in [-0.2, -0.15) is 0 Å². The van der Waals surface area contributed by atoms with E-state index in [-0.39, 0.29) is 5.91 Å². The number of carbonyl (C=O) groups is 1. The van der Waals surface area contributed by atoms with Gasteiger partial charge in [0.05, 0.1) is 13.1 Å². The molecule has 0 radical (unpaired) electrons. The quantitative estimate of drug-likeness (QED) is 0.447. The molecule has 3 heteroatoms. The standard InChI is InChI=1S/C6H10N2O/c1-6(9)8-5-3-2-4-7/h4-5,7H2,1H3,(H,8,9). The third kappa shape index (κ3) is 6.99. The summed E-state index contributed by atoms with van der Waals surface area (Å²) in [5.74, 6) is 5.21. The highest BCUT2D eigenvalue weighted by atomic mass is 16.1. The Morgan fingerprint density at radius 2 is 2.33 bits per heavy atom. The van der Waals surface area contributed by atoms with Gasteiger partial charge in [0.25, 0.3) is 0 Å². The summed E-state index contributed by atoms with van der Waals surface area (Å²) in [6.45, 7) is 2.19. The molecule has 0 aliphatic rings. The summed E-state index contributed by atoms with van der Waals surface area (Å²) in [6, 6.07) is 0. The fourth-order valence-corrected chi connectivity index (χ4v) is 0.303. The zero-order chi connectivity index (χ0) is 7.11. The van der Waals surface area contributed by atoms with Crippen LogP contribution >= 0.6 is 0 Å². The molecule has 0 heterocycles. The fourth-order valence-electron chi connectivity index (χ4n) is 0.303. The average molecular weight is 126 g/mol. The van der Waals surface area contributed by atoms with E-state index in [2.05, 4.69) is 17.2 Å². The minimum atomic E-state index is -0.0682. The van der Waals surface area contributed by atoms with Gasteiger partial charge in [-0.1, -0.05) is 11.8 Å². The summed E-state index contributed by atoms with van der Waals surface area (Å²) >= 11 is 0. The van der Waals surface area contributed by atoms with Crippen molar-refractivity contribution >= 4 is 5.91 Å². The van der Waals surface area contributed by atoms with Crippen molar-refractivity contribution in [1.29, 1.82) is 0 Å². The highest BCUT2D eigenvalue weighted by Gasteiger charge is 1.82. The molecule has 0 saturated heterocycles. The summed E-state index contributed by atoms with van der Waals surface area (Å²) < 4.78 is 0. The van der Waals surface area contributed by atoms with E-state index >= 15 is 0 Å². The van der Waals surface area contributed by atoms with Gasteiger partial charge in [-0.25, -0.2) is 0 Å². The molecule has 0 aliphatic carbocycles. The average Bonchev–Trinajstić information content (AvgIpc) is 1.80. The molecule has 3 N–H and O–H groups in total. The number of rotatable bonds is 1. The Labute approximate surface area is 54.6 Å². The van der Waals surface area contributed by atoms with Crippen LogP contribution in [0.4, 0.5) is 0 Å². The Morgan fingerprint density at radius 1 is 1.67 bits per heavy atom. The van der Waals surface area contributed by atoms with Crippen LogP contribution in [0.15, 0.2) is 0 Å². The van der Waals surface area contributed by atoms with Crippen molar-refractivity contribution in [1.82, 2.24) is 5.32 Å². The lowest BCUT2D eigenvalue weighted by Crippen LogP contribution is -2.19. The van der Waals surface area contributed by atoms with Gasteiger partial charge in [0.2, 0.25) is 5.91 Å². The zero-order valence-electron chi connectivity index (χ0n) is 5.40. The Morgan fingerprint density at radius 3 is 2.78 bits per heavy atom. The molecule has 0 fully saturated rings.